The summed E-state index contributed by atoms with van der Waals surface area (Å²) in [5.74, 6) is 0.406. The number of hydrogen-bond acceptors (Lipinski definition) is 5. The molecule has 0 radical (unpaired) electrons. The van der Waals surface area contributed by atoms with Gasteiger partial charge in [0.1, 0.15) is 6.61 Å². The van der Waals surface area contributed by atoms with Gasteiger partial charge in [-0.3, -0.25) is 0 Å². The van der Waals surface area contributed by atoms with Crippen molar-refractivity contribution < 1.29 is 14.6 Å². The molecule has 5 heteroatoms. The summed E-state index contributed by atoms with van der Waals surface area (Å²) in [7, 11) is 1.55. The first kappa shape index (κ1) is 10.9. The first-order chi connectivity index (χ1) is 6.76. The molecule has 0 aliphatic heterocycles. The van der Waals surface area contributed by atoms with Crippen molar-refractivity contribution in [1.29, 1.82) is 0 Å². The van der Waals surface area contributed by atoms with Crippen molar-refractivity contribution >= 4 is 0 Å². The Labute approximate surface area is 82.7 Å². The zero-order chi connectivity index (χ0) is 10.4. The molecule has 0 amide bonds. The quantitative estimate of drug-likeness (QED) is 0.760. The van der Waals surface area contributed by atoms with Gasteiger partial charge in [0.05, 0.1) is 12.3 Å². The van der Waals surface area contributed by atoms with Crippen molar-refractivity contribution in [3.8, 4) is 5.88 Å². The van der Waals surface area contributed by atoms with Gasteiger partial charge in [-0.05, 0) is 6.92 Å². The molecule has 1 heterocycles. The first-order valence-electron chi connectivity index (χ1n) is 4.38. The van der Waals surface area contributed by atoms with E-state index in [2.05, 4.69) is 9.97 Å². The van der Waals surface area contributed by atoms with Gasteiger partial charge in [0.25, 0.3) is 0 Å². The first-order valence-corrected chi connectivity index (χ1v) is 4.38. The van der Waals surface area contributed by atoms with Crippen molar-refractivity contribution in [3.63, 3.8) is 0 Å². The summed E-state index contributed by atoms with van der Waals surface area (Å²) in [5.41, 5.74) is 0.659. The Bertz CT molecular complexity index is 291. The minimum atomic E-state index is -0.0539. The summed E-state index contributed by atoms with van der Waals surface area (Å²) in [6, 6.07) is 1.48. The lowest BCUT2D eigenvalue weighted by Gasteiger charge is -2.04. The molecular formula is C9H14N2O3. The lowest BCUT2D eigenvalue weighted by molar-refractivity contribution is 0.129. The highest BCUT2D eigenvalue weighted by atomic mass is 16.5. The SMILES string of the molecule is CCOCc1cc(O)nc(COC)n1. The molecule has 0 saturated carbocycles. The van der Waals surface area contributed by atoms with Crippen LogP contribution < -0.4 is 0 Å². The van der Waals surface area contributed by atoms with Gasteiger partial charge in [-0.15, -0.1) is 0 Å². The summed E-state index contributed by atoms with van der Waals surface area (Å²) in [4.78, 5) is 7.94. The fourth-order valence-electron chi connectivity index (χ4n) is 1.01. The zero-order valence-corrected chi connectivity index (χ0v) is 8.36. The number of aromatic hydroxyl groups is 1. The average molecular weight is 198 g/mol. The van der Waals surface area contributed by atoms with Crippen LogP contribution in [0.3, 0.4) is 0 Å². The van der Waals surface area contributed by atoms with Crippen LogP contribution in [0.5, 0.6) is 5.88 Å². The van der Waals surface area contributed by atoms with Gasteiger partial charge < -0.3 is 14.6 Å². The van der Waals surface area contributed by atoms with Gasteiger partial charge in [-0.1, -0.05) is 0 Å². The van der Waals surface area contributed by atoms with Crippen LogP contribution in [-0.4, -0.2) is 28.8 Å². The fraction of sp³-hybridized carbons (Fsp3) is 0.556. The number of ether oxygens (including phenoxy) is 2. The molecule has 0 aromatic carbocycles. The molecule has 0 fully saturated rings. The minimum Gasteiger partial charge on any atom is -0.493 e. The Morgan fingerprint density at radius 1 is 1.36 bits per heavy atom. The fourth-order valence-corrected chi connectivity index (χ4v) is 1.01. The summed E-state index contributed by atoms with van der Waals surface area (Å²) < 4.78 is 10.0. The van der Waals surface area contributed by atoms with E-state index in [9.17, 15) is 5.11 Å². The van der Waals surface area contributed by atoms with Gasteiger partial charge in [0, 0.05) is 19.8 Å². The maximum Gasteiger partial charge on any atom is 0.214 e. The lowest BCUT2D eigenvalue weighted by atomic mass is 10.4. The van der Waals surface area contributed by atoms with E-state index >= 15 is 0 Å². The van der Waals surface area contributed by atoms with Gasteiger partial charge in [0.2, 0.25) is 5.88 Å². The molecule has 1 aromatic rings. The van der Waals surface area contributed by atoms with Crippen molar-refractivity contribution in [2.75, 3.05) is 13.7 Å². The van der Waals surface area contributed by atoms with Crippen LogP contribution in [0.2, 0.25) is 0 Å². The Kier molecular flexibility index (Phi) is 4.28. The van der Waals surface area contributed by atoms with Crippen LogP contribution in [0.15, 0.2) is 6.07 Å². The van der Waals surface area contributed by atoms with Crippen LogP contribution in [0, 0.1) is 0 Å². The normalized spacial score (nSPS) is 10.4. The molecule has 0 saturated heterocycles. The van der Waals surface area contributed by atoms with Crippen LogP contribution in [0.25, 0.3) is 0 Å². The standard InChI is InChI=1S/C9H14N2O3/c1-3-14-5-7-4-9(12)11-8(10-7)6-13-2/h4H,3,5-6H2,1-2H3,(H,10,11,12). The van der Waals surface area contributed by atoms with Crippen molar-refractivity contribution in [3.05, 3.63) is 17.6 Å². The topological polar surface area (TPSA) is 64.5 Å². The average Bonchev–Trinajstić information content (AvgIpc) is 2.14. The van der Waals surface area contributed by atoms with Crippen LogP contribution in [0.1, 0.15) is 18.4 Å². The van der Waals surface area contributed by atoms with Crippen LogP contribution >= 0.6 is 0 Å². The van der Waals surface area contributed by atoms with Gasteiger partial charge in [-0.2, -0.15) is 4.98 Å². The Morgan fingerprint density at radius 3 is 2.79 bits per heavy atom. The third kappa shape index (κ3) is 3.27. The number of hydrogen-bond donors (Lipinski definition) is 1. The molecule has 78 valence electrons. The minimum absolute atomic E-state index is 0.0539. The van der Waals surface area contributed by atoms with Crippen molar-refractivity contribution in [1.82, 2.24) is 9.97 Å². The molecule has 14 heavy (non-hydrogen) atoms. The summed E-state index contributed by atoms with van der Waals surface area (Å²) in [5, 5.41) is 9.26. The van der Waals surface area contributed by atoms with Crippen molar-refractivity contribution in [2.24, 2.45) is 0 Å². The predicted molar refractivity (Wildman–Crippen MR) is 49.7 cm³/mol. The third-order valence-electron chi connectivity index (χ3n) is 1.54. The maximum absolute atomic E-state index is 9.26. The van der Waals surface area contributed by atoms with E-state index < -0.39 is 0 Å². The summed E-state index contributed by atoms with van der Waals surface area (Å²) >= 11 is 0. The smallest absolute Gasteiger partial charge is 0.214 e. The molecule has 0 unspecified atom stereocenters. The highest BCUT2D eigenvalue weighted by Crippen LogP contribution is 2.08. The third-order valence-corrected chi connectivity index (χ3v) is 1.54. The molecule has 0 aliphatic rings. The second-order valence-electron chi connectivity index (χ2n) is 2.70. The van der Waals surface area contributed by atoms with Crippen LogP contribution in [0.4, 0.5) is 0 Å². The second kappa shape index (κ2) is 5.51. The van der Waals surface area contributed by atoms with E-state index in [1.54, 1.807) is 7.11 Å². The highest BCUT2D eigenvalue weighted by molar-refractivity contribution is 5.14. The van der Waals surface area contributed by atoms with E-state index in [0.717, 1.165) is 0 Å². The Morgan fingerprint density at radius 2 is 2.14 bits per heavy atom. The van der Waals surface area contributed by atoms with Gasteiger partial charge in [-0.25, -0.2) is 4.98 Å². The number of aromatic nitrogens is 2. The molecule has 5 nitrogen and oxygen atoms in total. The van der Waals surface area contributed by atoms with E-state index in [0.29, 0.717) is 24.7 Å². The molecule has 0 bridgehead atoms. The van der Waals surface area contributed by atoms with E-state index in [4.69, 9.17) is 9.47 Å². The maximum atomic E-state index is 9.26. The van der Waals surface area contributed by atoms with E-state index in [1.807, 2.05) is 6.92 Å². The van der Waals surface area contributed by atoms with Crippen LogP contribution in [-0.2, 0) is 22.7 Å². The lowest BCUT2D eigenvalue weighted by Crippen LogP contribution is -2.02. The molecular weight excluding hydrogens is 184 g/mol. The number of rotatable bonds is 5. The molecule has 0 atom stereocenters. The predicted octanol–water partition coefficient (Wildman–Crippen LogP) is 0.865. The molecule has 0 spiro atoms. The monoisotopic (exact) mass is 198 g/mol. The Hall–Kier alpha value is -1.20. The highest BCUT2D eigenvalue weighted by Gasteiger charge is 2.03. The largest absolute Gasteiger partial charge is 0.493 e. The van der Waals surface area contributed by atoms with E-state index in [-0.39, 0.29) is 12.5 Å². The van der Waals surface area contributed by atoms with E-state index in [1.165, 1.54) is 6.07 Å². The molecule has 1 aromatic heterocycles. The number of nitrogens with zero attached hydrogens (tertiary/aromatic N) is 2. The Balaban J connectivity index is 2.73. The van der Waals surface area contributed by atoms with Crippen molar-refractivity contribution in [2.45, 2.75) is 20.1 Å². The molecule has 1 N–H and O–H groups in total. The summed E-state index contributed by atoms with van der Waals surface area (Å²) in [6.45, 7) is 3.18. The molecule has 0 aliphatic carbocycles. The summed E-state index contributed by atoms with van der Waals surface area (Å²) in [6.07, 6.45) is 0. The number of methoxy groups -OCH3 is 1. The zero-order valence-electron chi connectivity index (χ0n) is 8.36. The van der Waals surface area contributed by atoms with Gasteiger partial charge >= 0.3 is 0 Å². The molecule has 1 rings (SSSR count). The second-order valence-corrected chi connectivity index (χ2v) is 2.70. The van der Waals surface area contributed by atoms with Gasteiger partial charge in [0.15, 0.2) is 5.82 Å².